The van der Waals surface area contributed by atoms with Gasteiger partial charge in [0.05, 0.1) is 17.6 Å². The Kier molecular flexibility index (Phi) is 2.65. The summed E-state index contributed by atoms with van der Waals surface area (Å²) < 4.78 is 0. The zero-order valence-corrected chi connectivity index (χ0v) is 13.4. The largest absolute Gasteiger partial charge is 0.353 e. The highest BCUT2D eigenvalue weighted by Crippen LogP contribution is 2.45. The Balaban J connectivity index is 2.04. The summed E-state index contributed by atoms with van der Waals surface area (Å²) in [5.74, 6) is 0. The van der Waals surface area contributed by atoms with E-state index in [1.807, 2.05) is 6.20 Å². The van der Waals surface area contributed by atoms with E-state index < -0.39 is 0 Å². The predicted molar refractivity (Wildman–Crippen MR) is 91.9 cm³/mol. The molecule has 0 unspecified atom stereocenters. The third-order valence-corrected chi connectivity index (χ3v) is 4.91. The molecular weight excluding hydrogens is 270 g/mol. The summed E-state index contributed by atoms with van der Waals surface area (Å²) in [4.78, 5) is 3.60. The topological polar surface area (TPSA) is 44.5 Å². The molecule has 0 saturated heterocycles. The minimum absolute atomic E-state index is 0.0939. The first kappa shape index (κ1) is 13.4. The Morgan fingerprint density at radius 1 is 1.32 bits per heavy atom. The minimum Gasteiger partial charge on any atom is -0.353 e. The highest BCUT2D eigenvalue weighted by Gasteiger charge is 2.35. The van der Waals surface area contributed by atoms with Gasteiger partial charge >= 0.3 is 0 Å². The van der Waals surface area contributed by atoms with Gasteiger partial charge in [-0.25, -0.2) is 0 Å². The molecule has 0 saturated carbocycles. The molecule has 3 nitrogen and oxygen atoms in total. The summed E-state index contributed by atoms with van der Waals surface area (Å²) in [6, 6.07) is 6.63. The zero-order chi connectivity index (χ0) is 15.5. The number of nitrogens with zero attached hydrogens (tertiary/aromatic N) is 1. The zero-order valence-electron chi connectivity index (χ0n) is 13.4. The fraction of sp³-hybridized carbons (Fsp3) is 0.316. The predicted octanol–water partition coefficient (Wildman–Crippen LogP) is 4.81. The summed E-state index contributed by atoms with van der Waals surface area (Å²) in [6.45, 7) is 11.0. The third-order valence-electron chi connectivity index (χ3n) is 4.91. The SMILES string of the molecule is C=C(CC)c1ccc2[nH]c3c(c2c1)C(C)(C)Cc1cn[nH]c1-3. The van der Waals surface area contributed by atoms with E-state index in [1.54, 1.807) is 0 Å². The lowest BCUT2D eigenvalue weighted by atomic mass is 9.73. The van der Waals surface area contributed by atoms with Crippen LogP contribution >= 0.6 is 0 Å². The Labute approximate surface area is 130 Å². The van der Waals surface area contributed by atoms with Gasteiger partial charge in [-0.15, -0.1) is 0 Å². The number of allylic oxidation sites excluding steroid dienone is 1. The van der Waals surface area contributed by atoms with Gasteiger partial charge in [0.1, 0.15) is 0 Å². The van der Waals surface area contributed by atoms with Crippen molar-refractivity contribution >= 4 is 16.5 Å². The number of hydrogen-bond donors (Lipinski definition) is 2. The van der Waals surface area contributed by atoms with Crippen LogP contribution in [0.2, 0.25) is 0 Å². The molecule has 2 N–H and O–H groups in total. The van der Waals surface area contributed by atoms with E-state index in [0.29, 0.717) is 0 Å². The van der Waals surface area contributed by atoms with E-state index >= 15 is 0 Å². The normalized spacial score (nSPS) is 15.6. The maximum atomic E-state index is 4.24. The lowest BCUT2D eigenvalue weighted by molar-refractivity contribution is 0.521. The van der Waals surface area contributed by atoms with Crippen molar-refractivity contribution in [3.05, 3.63) is 47.7 Å². The smallest absolute Gasteiger partial charge is 0.0848 e. The summed E-state index contributed by atoms with van der Waals surface area (Å²) in [5.41, 5.74) is 8.73. The Morgan fingerprint density at radius 3 is 2.91 bits per heavy atom. The molecule has 2 heterocycles. The number of fused-ring (bicyclic) bond motifs is 5. The Morgan fingerprint density at radius 2 is 2.14 bits per heavy atom. The van der Waals surface area contributed by atoms with E-state index in [0.717, 1.165) is 18.5 Å². The quantitative estimate of drug-likeness (QED) is 0.699. The van der Waals surface area contributed by atoms with Gasteiger partial charge in [-0.3, -0.25) is 5.10 Å². The van der Waals surface area contributed by atoms with Crippen LogP contribution in [-0.2, 0) is 11.8 Å². The maximum Gasteiger partial charge on any atom is 0.0848 e. The van der Waals surface area contributed by atoms with Gasteiger partial charge in [-0.2, -0.15) is 5.10 Å². The molecule has 112 valence electrons. The molecule has 22 heavy (non-hydrogen) atoms. The third kappa shape index (κ3) is 1.71. The average Bonchev–Trinajstić information content (AvgIpc) is 3.08. The molecule has 0 amide bonds. The van der Waals surface area contributed by atoms with Gasteiger partial charge in [-0.1, -0.05) is 33.4 Å². The van der Waals surface area contributed by atoms with Crippen LogP contribution in [0.15, 0.2) is 31.0 Å². The van der Waals surface area contributed by atoms with Gasteiger partial charge < -0.3 is 4.98 Å². The maximum absolute atomic E-state index is 4.24. The standard InChI is InChI=1S/C19H21N3/c1-5-11(2)12-6-7-15-14(8-12)16-18(21-15)17-13(10-20-22-17)9-19(16,3)4/h6-8,10,21H,2,5,9H2,1,3-4H3,(H,20,22). The molecule has 3 heteroatoms. The van der Waals surface area contributed by atoms with Crippen LogP contribution in [0.5, 0.6) is 0 Å². The monoisotopic (exact) mass is 291 g/mol. The number of nitrogens with one attached hydrogen (secondary N) is 2. The molecule has 0 bridgehead atoms. The van der Waals surface area contributed by atoms with Crippen LogP contribution in [0, 0.1) is 0 Å². The van der Waals surface area contributed by atoms with Crippen molar-refractivity contribution in [2.75, 3.05) is 0 Å². The highest BCUT2D eigenvalue weighted by molar-refractivity contribution is 5.94. The van der Waals surface area contributed by atoms with Gasteiger partial charge in [0, 0.05) is 16.5 Å². The van der Waals surface area contributed by atoms with Crippen LogP contribution in [0.25, 0.3) is 27.9 Å². The van der Waals surface area contributed by atoms with E-state index in [1.165, 1.54) is 38.9 Å². The van der Waals surface area contributed by atoms with Crippen molar-refractivity contribution in [3.63, 3.8) is 0 Å². The summed E-state index contributed by atoms with van der Waals surface area (Å²) in [7, 11) is 0. The van der Waals surface area contributed by atoms with Crippen molar-refractivity contribution < 1.29 is 0 Å². The van der Waals surface area contributed by atoms with Crippen molar-refractivity contribution in [1.29, 1.82) is 0 Å². The first-order chi connectivity index (χ1) is 10.5. The molecule has 4 rings (SSSR count). The second-order valence-corrected chi connectivity index (χ2v) is 6.92. The summed E-state index contributed by atoms with van der Waals surface area (Å²) in [5, 5.41) is 8.71. The minimum atomic E-state index is 0.0939. The molecular formula is C19H21N3. The molecule has 1 aliphatic carbocycles. The van der Waals surface area contributed by atoms with Crippen LogP contribution < -0.4 is 0 Å². The van der Waals surface area contributed by atoms with Crippen molar-refractivity contribution in [2.45, 2.75) is 39.0 Å². The fourth-order valence-corrected chi connectivity index (χ4v) is 3.73. The lowest BCUT2D eigenvalue weighted by Gasteiger charge is -2.30. The highest BCUT2D eigenvalue weighted by atomic mass is 15.1. The van der Waals surface area contributed by atoms with Gasteiger partial charge in [0.25, 0.3) is 0 Å². The number of aromatic amines is 2. The number of aromatic nitrogens is 3. The first-order valence-electron chi connectivity index (χ1n) is 7.88. The Bertz CT molecular complexity index is 893. The molecule has 3 aromatic rings. The van der Waals surface area contributed by atoms with Crippen molar-refractivity contribution in [2.24, 2.45) is 0 Å². The number of hydrogen-bond acceptors (Lipinski definition) is 1. The lowest BCUT2D eigenvalue weighted by Crippen LogP contribution is -2.24. The molecule has 1 aliphatic rings. The van der Waals surface area contributed by atoms with Gasteiger partial charge in [0.15, 0.2) is 0 Å². The molecule has 0 aliphatic heterocycles. The number of rotatable bonds is 2. The summed E-state index contributed by atoms with van der Waals surface area (Å²) in [6.07, 6.45) is 3.94. The molecule has 0 atom stereocenters. The fourth-order valence-electron chi connectivity index (χ4n) is 3.73. The molecule has 0 radical (unpaired) electrons. The average molecular weight is 291 g/mol. The van der Waals surface area contributed by atoms with E-state index in [-0.39, 0.29) is 5.41 Å². The second-order valence-electron chi connectivity index (χ2n) is 6.92. The number of benzene rings is 1. The van der Waals surface area contributed by atoms with E-state index in [2.05, 4.69) is 60.7 Å². The number of H-pyrrole nitrogens is 2. The molecule has 0 spiro atoms. The Hall–Kier alpha value is -2.29. The molecule has 2 aromatic heterocycles. The van der Waals surface area contributed by atoms with Crippen LogP contribution in [-0.4, -0.2) is 15.2 Å². The van der Waals surface area contributed by atoms with Crippen LogP contribution in [0.3, 0.4) is 0 Å². The van der Waals surface area contributed by atoms with Gasteiger partial charge in [-0.05, 0) is 47.1 Å². The summed E-state index contributed by atoms with van der Waals surface area (Å²) >= 11 is 0. The van der Waals surface area contributed by atoms with Crippen molar-refractivity contribution in [1.82, 2.24) is 15.2 Å². The van der Waals surface area contributed by atoms with Crippen LogP contribution in [0.4, 0.5) is 0 Å². The van der Waals surface area contributed by atoms with E-state index in [9.17, 15) is 0 Å². The van der Waals surface area contributed by atoms with Crippen LogP contribution in [0.1, 0.15) is 43.9 Å². The second kappa shape index (κ2) is 4.35. The molecule has 1 aromatic carbocycles. The molecule has 0 fully saturated rings. The van der Waals surface area contributed by atoms with E-state index in [4.69, 9.17) is 0 Å². The first-order valence-corrected chi connectivity index (χ1v) is 7.88. The van der Waals surface area contributed by atoms with Crippen molar-refractivity contribution in [3.8, 4) is 11.4 Å². The van der Waals surface area contributed by atoms with Gasteiger partial charge in [0.2, 0.25) is 0 Å².